The molecule has 3 fully saturated rings. The summed E-state index contributed by atoms with van der Waals surface area (Å²) < 4.78 is 21.8. The SMILES string of the molecule is COc1cc(OC)c(Cl)c(NC(=O)N(C)c2cc(Nc3ccc(N4CCN(CC(=O)NCCOCCOCCNC(=O)C5CCN(c6ccc7c(c6)C(=O)N(C6CCC(=O)NC6=O)C7=O)CC5)CC4)cc3)ncn2)c1Cl. The minimum absolute atomic E-state index is 0.0499. The maximum atomic E-state index is 13.3. The quantitative estimate of drug-likeness (QED) is 0.0585. The Bertz CT molecular complexity index is 2780. The topological polar surface area (TPSA) is 259 Å². The summed E-state index contributed by atoms with van der Waals surface area (Å²) in [6.45, 7) is 6.45. The molecule has 3 aromatic carbocycles. The van der Waals surface area contributed by atoms with E-state index >= 15 is 0 Å². The first-order valence-corrected chi connectivity index (χ1v) is 25.6. The van der Waals surface area contributed by atoms with Gasteiger partial charge < -0.3 is 50.0 Å². The molecule has 25 heteroatoms. The fraction of sp³-hybridized carbons (Fsp3) is 0.431. The van der Waals surface area contributed by atoms with Crippen LogP contribution in [-0.4, -0.2) is 174 Å². The molecular weight excluding hydrogens is 1030 g/mol. The molecule has 1 atom stereocenters. The summed E-state index contributed by atoms with van der Waals surface area (Å²) in [4.78, 5) is 106. The molecule has 5 heterocycles. The van der Waals surface area contributed by atoms with Crippen LogP contribution in [0.3, 0.4) is 0 Å². The Morgan fingerprint density at radius 3 is 2.03 bits per heavy atom. The number of ether oxygens (including phenoxy) is 4. The Morgan fingerprint density at radius 1 is 0.737 bits per heavy atom. The van der Waals surface area contributed by atoms with Crippen LogP contribution in [0.25, 0.3) is 0 Å². The van der Waals surface area contributed by atoms with E-state index in [1.54, 1.807) is 31.3 Å². The van der Waals surface area contributed by atoms with Gasteiger partial charge in [-0.2, -0.15) is 0 Å². The van der Waals surface area contributed by atoms with Crippen molar-refractivity contribution in [1.82, 2.24) is 35.7 Å². The molecule has 1 aromatic heterocycles. The molecule has 0 radical (unpaired) electrons. The van der Waals surface area contributed by atoms with Crippen LogP contribution >= 0.6 is 23.2 Å². The number of hydrogen-bond acceptors (Lipinski definition) is 17. The van der Waals surface area contributed by atoms with Crippen molar-refractivity contribution in [2.45, 2.75) is 31.7 Å². The van der Waals surface area contributed by atoms with E-state index in [4.69, 9.17) is 42.1 Å². The van der Waals surface area contributed by atoms with Crippen LogP contribution in [0, 0.1) is 5.92 Å². The average molecular weight is 1090 g/mol. The van der Waals surface area contributed by atoms with Gasteiger partial charge in [0.05, 0.1) is 64.0 Å². The van der Waals surface area contributed by atoms with E-state index in [-0.39, 0.29) is 75.5 Å². The number of piperidine rings is 2. The fourth-order valence-electron chi connectivity index (χ4n) is 9.25. The van der Waals surface area contributed by atoms with Gasteiger partial charge in [0, 0.05) is 101 Å². The molecule has 8 rings (SSSR count). The summed E-state index contributed by atoms with van der Waals surface area (Å²) in [5.74, 6) is -1.15. The van der Waals surface area contributed by atoms with E-state index in [1.165, 1.54) is 31.5 Å². The lowest BCUT2D eigenvalue weighted by Gasteiger charge is -2.35. The highest BCUT2D eigenvalue weighted by atomic mass is 35.5. The molecule has 4 aliphatic rings. The van der Waals surface area contributed by atoms with Crippen LogP contribution in [0.2, 0.25) is 10.0 Å². The van der Waals surface area contributed by atoms with Crippen LogP contribution in [0.15, 0.2) is 60.9 Å². The monoisotopic (exact) mass is 1090 g/mol. The lowest BCUT2D eigenvalue weighted by Crippen LogP contribution is -2.54. The second kappa shape index (κ2) is 25.5. The van der Waals surface area contributed by atoms with Gasteiger partial charge in [0.1, 0.15) is 45.5 Å². The summed E-state index contributed by atoms with van der Waals surface area (Å²) in [6.07, 6.45) is 2.71. The largest absolute Gasteiger partial charge is 0.495 e. The number of amides is 8. The molecule has 404 valence electrons. The molecule has 0 saturated carbocycles. The Morgan fingerprint density at radius 2 is 1.37 bits per heavy atom. The number of imide groups is 2. The number of carbonyl (C=O) groups excluding carboxylic acids is 7. The van der Waals surface area contributed by atoms with E-state index in [2.05, 4.69) is 51.3 Å². The zero-order valence-electron chi connectivity index (χ0n) is 42.3. The number of fused-ring (bicyclic) bond motifs is 1. The molecule has 1 unspecified atom stereocenters. The van der Waals surface area contributed by atoms with Crippen LogP contribution in [0.5, 0.6) is 11.5 Å². The predicted molar refractivity (Wildman–Crippen MR) is 283 cm³/mol. The molecule has 23 nitrogen and oxygen atoms in total. The second-order valence-corrected chi connectivity index (χ2v) is 19.0. The van der Waals surface area contributed by atoms with E-state index in [0.717, 1.165) is 48.1 Å². The average Bonchev–Trinajstić information content (AvgIpc) is 3.74. The van der Waals surface area contributed by atoms with Crippen LogP contribution < -0.4 is 50.8 Å². The number of urea groups is 1. The first-order chi connectivity index (χ1) is 36.7. The minimum Gasteiger partial charge on any atom is -0.495 e. The van der Waals surface area contributed by atoms with Gasteiger partial charge in [0.25, 0.3) is 11.8 Å². The van der Waals surface area contributed by atoms with Crippen LogP contribution in [0.1, 0.15) is 46.4 Å². The third-order valence-corrected chi connectivity index (χ3v) is 14.2. The fourth-order valence-corrected chi connectivity index (χ4v) is 9.84. The third kappa shape index (κ3) is 13.2. The highest BCUT2D eigenvalue weighted by Crippen LogP contribution is 2.44. The van der Waals surface area contributed by atoms with Crippen molar-refractivity contribution in [1.29, 1.82) is 0 Å². The molecule has 4 aliphatic heterocycles. The lowest BCUT2D eigenvalue weighted by atomic mass is 9.95. The molecule has 0 bridgehead atoms. The molecule has 3 saturated heterocycles. The van der Waals surface area contributed by atoms with Crippen molar-refractivity contribution in [2.24, 2.45) is 5.92 Å². The van der Waals surface area contributed by atoms with Gasteiger partial charge in [-0.25, -0.2) is 14.8 Å². The van der Waals surface area contributed by atoms with Gasteiger partial charge in [-0.15, -0.1) is 0 Å². The maximum absolute atomic E-state index is 13.3. The number of nitrogens with zero attached hydrogens (tertiary/aromatic N) is 7. The zero-order chi connectivity index (χ0) is 53.9. The normalized spacial score (nSPS) is 17.0. The van der Waals surface area contributed by atoms with E-state index in [0.29, 0.717) is 77.1 Å². The van der Waals surface area contributed by atoms with Gasteiger partial charge in [-0.3, -0.25) is 48.8 Å². The van der Waals surface area contributed by atoms with Crippen molar-refractivity contribution >= 4 is 99.1 Å². The number of benzene rings is 3. The summed E-state index contributed by atoms with van der Waals surface area (Å²) in [5.41, 5.74) is 3.16. The maximum Gasteiger partial charge on any atom is 0.327 e. The molecule has 8 amide bonds. The van der Waals surface area contributed by atoms with Gasteiger partial charge in [-0.1, -0.05) is 23.2 Å². The molecular formula is C51H60Cl2N12O11. The van der Waals surface area contributed by atoms with Gasteiger partial charge in [-0.05, 0) is 61.7 Å². The second-order valence-electron chi connectivity index (χ2n) is 18.3. The number of rotatable bonds is 21. The van der Waals surface area contributed by atoms with Crippen molar-refractivity contribution in [3.8, 4) is 11.5 Å². The van der Waals surface area contributed by atoms with Crippen molar-refractivity contribution in [3.05, 3.63) is 82.1 Å². The first-order valence-electron chi connectivity index (χ1n) is 24.8. The number of nitrogens with one attached hydrogen (secondary N) is 5. The number of anilines is 6. The third-order valence-electron chi connectivity index (χ3n) is 13.5. The molecule has 0 aliphatic carbocycles. The van der Waals surface area contributed by atoms with Gasteiger partial charge in [0.15, 0.2) is 0 Å². The number of methoxy groups -OCH3 is 2. The summed E-state index contributed by atoms with van der Waals surface area (Å²) in [5, 5.41) is 14.3. The zero-order valence-corrected chi connectivity index (χ0v) is 43.8. The van der Waals surface area contributed by atoms with Crippen LogP contribution in [0.4, 0.5) is 39.2 Å². The van der Waals surface area contributed by atoms with E-state index in [1.807, 2.05) is 24.3 Å². The molecule has 0 spiro atoms. The van der Waals surface area contributed by atoms with Crippen LogP contribution in [-0.2, 0) is 28.7 Å². The minimum atomic E-state index is -1.02. The number of carbonyl (C=O) groups is 7. The van der Waals surface area contributed by atoms with Gasteiger partial charge in [0.2, 0.25) is 23.6 Å². The number of halogens is 2. The highest BCUT2D eigenvalue weighted by molar-refractivity contribution is 6.41. The van der Waals surface area contributed by atoms with Gasteiger partial charge >= 0.3 is 6.03 Å². The van der Waals surface area contributed by atoms with Crippen molar-refractivity contribution < 1.29 is 52.5 Å². The molecule has 5 N–H and O–H groups in total. The number of piperazine rings is 1. The molecule has 4 aromatic rings. The Hall–Kier alpha value is -7.31. The number of aromatic nitrogens is 2. The molecule has 76 heavy (non-hydrogen) atoms. The Labute approximate surface area is 448 Å². The van der Waals surface area contributed by atoms with E-state index < -0.39 is 35.7 Å². The predicted octanol–water partition coefficient (Wildman–Crippen LogP) is 3.92. The number of hydrogen-bond donors (Lipinski definition) is 5. The summed E-state index contributed by atoms with van der Waals surface area (Å²) >= 11 is 12.9. The Kier molecular flexibility index (Phi) is 18.4. The Balaban J connectivity index is 0.650. The van der Waals surface area contributed by atoms with E-state index in [9.17, 15) is 33.6 Å². The standard InChI is InChI=1S/C51H60Cl2N12O11/c1-61(51(72)60-46-44(52)38(73-2)27-39(74-3)45(46)53)41-28-40(56-30-57-41)58-32-4-6-33(7-5-32)64-20-18-62(19-21-64)29-43(67)54-14-22-75-24-25-76-23-15-55-47(68)31-12-16-63(17-13-31)34-8-9-35-36(26-34)50(71)65(49(35)70)37-10-11-42(66)59-48(37)69/h4-9,26-28,30-31,37H,10-25,29H2,1-3H3,(H,54,67)(H,55,68)(H,60,72)(H,56,57,58)(H,59,66,69). The highest BCUT2D eigenvalue weighted by Gasteiger charge is 2.45. The van der Waals surface area contributed by atoms with Crippen molar-refractivity contribution in [2.75, 3.05) is 132 Å². The first kappa shape index (κ1) is 54.9. The van der Waals surface area contributed by atoms with Crippen molar-refractivity contribution in [3.63, 3.8) is 0 Å². The summed E-state index contributed by atoms with van der Waals surface area (Å²) in [7, 11) is 4.43. The summed E-state index contributed by atoms with van der Waals surface area (Å²) in [6, 6.07) is 14.5. The smallest absolute Gasteiger partial charge is 0.327 e. The lowest BCUT2D eigenvalue weighted by molar-refractivity contribution is -0.136.